The first-order valence-corrected chi connectivity index (χ1v) is 4.62. The maximum absolute atomic E-state index is 5.86. The van der Waals surface area contributed by atoms with Gasteiger partial charge in [0.25, 0.3) is 0 Å². The van der Waals surface area contributed by atoms with Crippen LogP contribution in [0.3, 0.4) is 0 Å². The predicted octanol–water partition coefficient (Wildman–Crippen LogP) is 2.01. The van der Waals surface area contributed by atoms with Crippen LogP contribution < -0.4 is 5.73 Å². The van der Waals surface area contributed by atoms with Gasteiger partial charge in [-0.25, -0.2) is 0 Å². The average molecular weight is 183 g/mol. The number of ether oxygens (including phenoxy) is 1. The molecule has 1 aromatic heterocycles. The molecule has 0 aromatic carbocycles. The Hall–Kier alpha value is -0.800. The SMILES string of the molecule is CCCOCC(N)c1coc(C)c1. The number of hydrogen-bond donors (Lipinski definition) is 1. The molecule has 1 unspecified atom stereocenters. The molecule has 1 rings (SSSR count). The van der Waals surface area contributed by atoms with Crippen LogP contribution in [-0.2, 0) is 4.74 Å². The van der Waals surface area contributed by atoms with E-state index in [0.29, 0.717) is 6.61 Å². The van der Waals surface area contributed by atoms with Crippen LogP contribution >= 0.6 is 0 Å². The van der Waals surface area contributed by atoms with Gasteiger partial charge in [0.1, 0.15) is 5.76 Å². The Labute approximate surface area is 78.9 Å². The fourth-order valence-electron chi connectivity index (χ4n) is 1.11. The Bertz CT molecular complexity index is 245. The first kappa shape index (κ1) is 10.3. The minimum Gasteiger partial charge on any atom is -0.469 e. The molecule has 0 aliphatic heterocycles. The van der Waals surface area contributed by atoms with Gasteiger partial charge < -0.3 is 14.9 Å². The number of furan rings is 1. The van der Waals surface area contributed by atoms with Crippen molar-refractivity contribution >= 4 is 0 Å². The van der Waals surface area contributed by atoms with Gasteiger partial charge in [-0.1, -0.05) is 6.92 Å². The second-order valence-electron chi connectivity index (χ2n) is 3.17. The summed E-state index contributed by atoms with van der Waals surface area (Å²) in [5, 5.41) is 0. The van der Waals surface area contributed by atoms with Gasteiger partial charge in [-0.05, 0) is 19.4 Å². The van der Waals surface area contributed by atoms with E-state index in [1.807, 2.05) is 13.0 Å². The van der Waals surface area contributed by atoms with Crippen molar-refractivity contribution in [3.8, 4) is 0 Å². The summed E-state index contributed by atoms with van der Waals surface area (Å²) in [7, 11) is 0. The van der Waals surface area contributed by atoms with Crippen molar-refractivity contribution in [1.82, 2.24) is 0 Å². The fraction of sp³-hybridized carbons (Fsp3) is 0.600. The van der Waals surface area contributed by atoms with E-state index in [1.54, 1.807) is 6.26 Å². The van der Waals surface area contributed by atoms with Gasteiger partial charge in [0.2, 0.25) is 0 Å². The van der Waals surface area contributed by atoms with Gasteiger partial charge in [0.05, 0.1) is 18.9 Å². The lowest BCUT2D eigenvalue weighted by Crippen LogP contribution is -2.16. The summed E-state index contributed by atoms with van der Waals surface area (Å²) in [4.78, 5) is 0. The second-order valence-corrected chi connectivity index (χ2v) is 3.17. The lowest BCUT2D eigenvalue weighted by Gasteiger charge is -2.08. The zero-order valence-corrected chi connectivity index (χ0v) is 8.25. The molecule has 0 aliphatic rings. The van der Waals surface area contributed by atoms with Crippen molar-refractivity contribution in [3.05, 3.63) is 23.7 Å². The summed E-state index contributed by atoms with van der Waals surface area (Å²) in [6.45, 7) is 5.31. The quantitative estimate of drug-likeness (QED) is 0.710. The topological polar surface area (TPSA) is 48.4 Å². The summed E-state index contributed by atoms with van der Waals surface area (Å²) >= 11 is 0. The fourth-order valence-corrected chi connectivity index (χ4v) is 1.11. The molecule has 0 saturated heterocycles. The molecule has 0 aliphatic carbocycles. The Balaban J connectivity index is 2.35. The summed E-state index contributed by atoms with van der Waals surface area (Å²) in [6, 6.07) is 1.88. The molecule has 0 saturated carbocycles. The standard InChI is InChI=1S/C10H17NO2/c1-3-4-12-7-10(11)9-5-8(2)13-6-9/h5-6,10H,3-4,7,11H2,1-2H3. The normalized spacial score (nSPS) is 13.2. The third kappa shape index (κ3) is 3.20. The van der Waals surface area contributed by atoms with Crippen LogP contribution in [0.15, 0.2) is 16.7 Å². The Morgan fingerprint density at radius 1 is 1.62 bits per heavy atom. The van der Waals surface area contributed by atoms with Crippen LogP contribution in [0.2, 0.25) is 0 Å². The lowest BCUT2D eigenvalue weighted by atomic mass is 10.2. The van der Waals surface area contributed by atoms with E-state index in [-0.39, 0.29) is 6.04 Å². The first-order chi connectivity index (χ1) is 6.24. The van der Waals surface area contributed by atoms with Crippen molar-refractivity contribution in [3.63, 3.8) is 0 Å². The number of rotatable bonds is 5. The number of hydrogen-bond acceptors (Lipinski definition) is 3. The van der Waals surface area contributed by atoms with Crippen LogP contribution in [0.25, 0.3) is 0 Å². The molecular formula is C10H17NO2. The molecule has 0 bridgehead atoms. The molecule has 0 amide bonds. The van der Waals surface area contributed by atoms with Crippen molar-refractivity contribution in [2.75, 3.05) is 13.2 Å². The molecule has 1 aromatic rings. The van der Waals surface area contributed by atoms with Crippen LogP contribution in [0.5, 0.6) is 0 Å². The molecule has 3 heteroatoms. The van der Waals surface area contributed by atoms with Gasteiger partial charge in [0, 0.05) is 12.2 Å². The summed E-state index contributed by atoms with van der Waals surface area (Å²) in [5.41, 5.74) is 6.87. The number of aryl methyl sites for hydroxylation is 1. The highest BCUT2D eigenvalue weighted by atomic mass is 16.5. The predicted molar refractivity (Wildman–Crippen MR) is 51.5 cm³/mol. The van der Waals surface area contributed by atoms with Crippen molar-refractivity contribution < 1.29 is 9.15 Å². The molecule has 74 valence electrons. The molecular weight excluding hydrogens is 166 g/mol. The Morgan fingerprint density at radius 2 is 2.38 bits per heavy atom. The van der Waals surface area contributed by atoms with Crippen LogP contribution in [-0.4, -0.2) is 13.2 Å². The average Bonchev–Trinajstić information content (AvgIpc) is 2.52. The smallest absolute Gasteiger partial charge is 0.101 e. The summed E-state index contributed by atoms with van der Waals surface area (Å²) in [6.07, 6.45) is 2.71. The van der Waals surface area contributed by atoms with E-state index in [0.717, 1.165) is 24.4 Å². The van der Waals surface area contributed by atoms with Crippen LogP contribution in [0.1, 0.15) is 30.7 Å². The highest BCUT2D eigenvalue weighted by Crippen LogP contribution is 2.13. The zero-order valence-electron chi connectivity index (χ0n) is 8.25. The molecule has 3 nitrogen and oxygen atoms in total. The molecule has 2 N–H and O–H groups in total. The van der Waals surface area contributed by atoms with Crippen LogP contribution in [0.4, 0.5) is 0 Å². The number of nitrogens with two attached hydrogens (primary N) is 1. The van der Waals surface area contributed by atoms with E-state index in [4.69, 9.17) is 14.9 Å². The Morgan fingerprint density at radius 3 is 2.92 bits per heavy atom. The lowest BCUT2D eigenvalue weighted by molar-refractivity contribution is 0.121. The van der Waals surface area contributed by atoms with Crippen LogP contribution in [0, 0.1) is 6.92 Å². The maximum atomic E-state index is 5.86. The van der Waals surface area contributed by atoms with Gasteiger partial charge in [0.15, 0.2) is 0 Å². The van der Waals surface area contributed by atoms with Gasteiger partial charge in [-0.15, -0.1) is 0 Å². The zero-order chi connectivity index (χ0) is 9.68. The molecule has 1 atom stereocenters. The third-order valence-corrected chi connectivity index (χ3v) is 1.82. The highest BCUT2D eigenvalue weighted by molar-refractivity contribution is 5.15. The summed E-state index contributed by atoms with van der Waals surface area (Å²) < 4.78 is 10.5. The van der Waals surface area contributed by atoms with Crippen molar-refractivity contribution in [2.24, 2.45) is 5.73 Å². The van der Waals surface area contributed by atoms with Gasteiger partial charge in [-0.3, -0.25) is 0 Å². The van der Waals surface area contributed by atoms with E-state index >= 15 is 0 Å². The van der Waals surface area contributed by atoms with Crippen molar-refractivity contribution in [1.29, 1.82) is 0 Å². The first-order valence-electron chi connectivity index (χ1n) is 4.62. The largest absolute Gasteiger partial charge is 0.469 e. The van der Waals surface area contributed by atoms with Crippen molar-refractivity contribution in [2.45, 2.75) is 26.3 Å². The Kier molecular flexibility index (Phi) is 3.99. The monoisotopic (exact) mass is 183 g/mol. The molecule has 0 radical (unpaired) electrons. The maximum Gasteiger partial charge on any atom is 0.101 e. The van der Waals surface area contributed by atoms with E-state index in [2.05, 4.69) is 6.92 Å². The summed E-state index contributed by atoms with van der Waals surface area (Å²) in [5.74, 6) is 0.890. The minimum atomic E-state index is -0.0657. The third-order valence-electron chi connectivity index (χ3n) is 1.82. The minimum absolute atomic E-state index is 0.0657. The second kappa shape index (κ2) is 5.04. The molecule has 1 heterocycles. The van der Waals surface area contributed by atoms with Gasteiger partial charge in [-0.2, -0.15) is 0 Å². The van der Waals surface area contributed by atoms with E-state index in [1.165, 1.54) is 0 Å². The van der Waals surface area contributed by atoms with Gasteiger partial charge >= 0.3 is 0 Å². The molecule has 13 heavy (non-hydrogen) atoms. The van der Waals surface area contributed by atoms with E-state index < -0.39 is 0 Å². The molecule has 0 spiro atoms. The highest BCUT2D eigenvalue weighted by Gasteiger charge is 2.08. The molecule has 0 fully saturated rings. The van der Waals surface area contributed by atoms with E-state index in [9.17, 15) is 0 Å².